The normalized spacial score (nSPS) is 23.8. The van der Waals surface area contributed by atoms with Gasteiger partial charge in [-0.05, 0) is 38.3 Å². The molecule has 1 heterocycles. The van der Waals surface area contributed by atoms with Crippen LogP contribution >= 0.6 is 0 Å². The second kappa shape index (κ2) is 6.93. The SMILES string of the molecule is Cc1ccc(N2CCCC2=O)c(C(=O)N(C)CC2CCCC2O)c1. The molecule has 1 N–H and O–H groups in total. The average Bonchev–Trinajstić information content (AvgIpc) is 3.15. The monoisotopic (exact) mass is 330 g/mol. The highest BCUT2D eigenvalue weighted by Crippen LogP contribution is 2.29. The molecule has 2 amide bonds. The molecule has 2 atom stereocenters. The molecule has 1 saturated heterocycles. The van der Waals surface area contributed by atoms with Crippen molar-refractivity contribution in [2.75, 3.05) is 25.0 Å². The third-order valence-corrected chi connectivity index (χ3v) is 5.22. The summed E-state index contributed by atoms with van der Waals surface area (Å²) in [5.74, 6) is 0.162. The first-order valence-corrected chi connectivity index (χ1v) is 8.82. The number of benzene rings is 1. The van der Waals surface area contributed by atoms with Gasteiger partial charge in [-0.1, -0.05) is 18.1 Å². The molecular formula is C19H26N2O3. The van der Waals surface area contributed by atoms with Crippen molar-refractivity contribution in [2.24, 2.45) is 5.92 Å². The number of hydrogen-bond donors (Lipinski definition) is 1. The van der Waals surface area contributed by atoms with Gasteiger partial charge in [0.1, 0.15) is 0 Å². The molecule has 0 bridgehead atoms. The van der Waals surface area contributed by atoms with Crippen molar-refractivity contribution < 1.29 is 14.7 Å². The highest BCUT2D eigenvalue weighted by atomic mass is 16.3. The number of anilines is 1. The Morgan fingerprint density at radius 1 is 1.33 bits per heavy atom. The summed E-state index contributed by atoms with van der Waals surface area (Å²) in [5, 5.41) is 10.0. The molecule has 24 heavy (non-hydrogen) atoms. The van der Waals surface area contributed by atoms with Crippen molar-refractivity contribution in [3.63, 3.8) is 0 Å². The van der Waals surface area contributed by atoms with Crippen LogP contribution in [0, 0.1) is 12.8 Å². The molecule has 130 valence electrons. The topological polar surface area (TPSA) is 60.9 Å². The summed E-state index contributed by atoms with van der Waals surface area (Å²) in [4.78, 5) is 28.5. The summed E-state index contributed by atoms with van der Waals surface area (Å²) < 4.78 is 0. The van der Waals surface area contributed by atoms with E-state index in [-0.39, 0.29) is 23.8 Å². The highest BCUT2D eigenvalue weighted by molar-refractivity contribution is 6.05. The van der Waals surface area contributed by atoms with Crippen LogP contribution in [0.15, 0.2) is 18.2 Å². The first-order chi connectivity index (χ1) is 11.5. The number of carbonyl (C=O) groups excluding carboxylic acids is 2. The molecule has 5 nitrogen and oxygen atoms in total. The molecule has 1 aromatic rings. The molecule has 3 rings (SSSR count). The van der Waals surface area contributed by atoms with Gasteiger partial charge in [-0.3, -0.25) is 9.59 Å². The molecule has 1 aromatic carbocycles. The smallest absolute Gasteiger partial charge is 0.255 e. The van der Waals surface area contributed by atoms with Crippen LogP contribution in [0.3, 0.4) is 0 Å². The molecule has 2 aliphatic rings. The van der Waals surface area contributed by atoms with Crippen LogP contribution in [0.25, 0.3) is 0 Å². The van der Waals surface area contributed by atoms with Gasteiger partial charge in [-0.15, -0.1) is 0 Å². The number of hydrogen-bond acceptors (Lipinski definition) is 3. The number of amides is 2. The molecule has 2 unspecified atom stereocenters. The number of rotatable bonds is 4. The standard InChI is InChI=1S/C19H26N2O3/c1-13-8-9-16(21-10-4-7-18(21)23)15(11-13)19(24)20(2)12-14-5-3-6-17(14)22/h8-9,11,14,17,22H,3-7,10,12H2,1-2H3. The molecule has 0 aromatic heterocycles. The maximum absolute atomic E-state index is 13.0. The van der Waals surface area contributed by atoms with E-state index in [1.165, 1.54) is 0 Å². The summed E-state index contributed by atoms with van der Waals surface area (Å²) in [5.41, 5.74) is 2.30. The Hall–Kier alpha value is -1.88. The third kappa shape index (κ3) is 3.31. The predicted molar refractivity (Wildman–Crippen MR) is 93.1 cm³/mol. The lowest BCUT2D eigenvalue weighted by Crippen LogP contribution is -2.36. The van der Waals surface area contributed by atoms with E-state index < -0.39 is 0 Å². The lowest BCUT2D eigenvalue weighted by atomic mass is 10.0. The van der Waals surface area contributed by atoms with Crippen molar-refractivity contribution in [1.82, 2.24) is 4.90 Å². The van der Waals surface area contributed by atoms with Crippen molar-refractivity contribution in [3.05, 3.63) is 29.3 Å². The molecule has 2 fully saturated rings. The summed E-state index contributed by atoms with van der Waals surface area (Å²) in [7, 11) is 1.78. The number of aliphatic hydroxyl groups is 1. The fourth-order valence-corrected chi connectivity index (χ4v) is 3.83. The van der Waals surface area contributed by atoms with Crippen LogP contribution in [-0.2, 0) is 4.79 Å². The van der Waals surface area contributed by atoms with Gasteiger partial charge in [-0.25, -0.2) is 0 Å². The van der Waals surface area contributed by atoms with E-state index in [0.29, 0.717) is 30.8 Å². The maximum Gasteiger partial charge on any atom is 0.255 e. The van der Waals surface area contributed by atoms with Gasteiger partial charge in [0.2, 0.25) is 5.91 Å². The summed E-state index contributed by atoms with van der Waals surface area (Å²) >= 11 is 0. The summed E-state index contributed by atoms with van der Waals surface area (Å²) in [6.45, 7) is 3.18. The maximum atomic E-state index is 13.0. The van der Waals surface area contributed by atoms with Crippen LogP contribution < -0.4 is 4.90 Å². The van der Waals surface area contributed by atoms with E-state index in [0.717, 1.165) is 31.2 Å². The average molecular weight is 330 g/mol. The lowest BCUT2D eigenvalue weighted by molar-refractivity contribution is -0.117. The first kappa shape index (κ1) is 17.0. The van der Waals surface area contributed by atoms with Crippen LogP contribution in [0.2, 0.25) is 0 Å². The quantitative estimate of drug-likeness (QED) is 0.922. The molecule has 5 heteroatoms. The molecule has 0 radical (unpaired) electrons. The molecule has 1 aliphatic heterocycles. The van der Waals surface area contributed by atoms with E-state index in [2.05, 4.69) is 0 Å². The largest absolute Gasteiger partial charge is 0.393 e. The number of aryl methyl sites for hydroxylation is 1. The van der Waals surface area contributed by atoms with Crippen LogP contribution in [0.4, 0.5) is 5.69 Å². The Labute approximate surface area is 143 Å². The predicted octanol–water partition coefficient (Wildman–Crippen LogP) is 2.35. The lowest BCUT2D eigenvalue weighted by Gasteiger charge is -2.26. The van der Waals surface area contributed by atoms with E-state index in [1.807, 2.05) is 25.1 Å². The Bertz CT molecular complexity index is 643. The second-order valence-corrected chi connectivity index (χ2v) is 7.11. The van der Waals surface area contributed by atoms with Gasteiger partial charge in [0, 0.05) is 32.5 Å². The first-order valence-electron chi connectivity index (χ1n) is 8.82. The number of aliphatic hydroxyl groups excluding tert-OH is 1. The Morgan fingerprint density at radius 2 is 2.12 bits per heavy atom. The Morgan fingerprint density at radius 3 is 2.75 bits per heavy atom. The fourth-order valence-electron chi connectivity index (χ4n) is 3.83. The van der Waals surface area contributed by atoms with Gasteiger partial charge >= 0.3 is 0 Å². The van der Waals surface area contributed by atoms with E-state index in [4.69, 9.17) is 0 Å². The van der Waals surface area contributed by atoms with Crippen molar-refractivity contribution >= 4 is 17.5 Å². The minimum absolute atomic E-state index is 0.0764. The van der Waals surface area contributed by atoms with Crippen molar-refractivity contribution in [2.45, 2.75) is 45.1 Å². The number of carbonyl (C=O) groups is 2. The zero-order valence-corrected chi connectivity index (χ0v) is 14.5. The molecule has 1 aliphatic carbocycles. The van der Waals surface area contributed by atoms with Gasteiger partial charge in [0.05, 0.1) is 17.4 Å². The van der Waals surface area contributed by atoms with Crippen molar-refractivity contribution in [3.8, 4) is 0 Å². The minimum Gasteiger partial charge on any atom is -0.393 e. The van der Waals surface area contributed by atoms with E-state index in [9.17, 15) is 14.7 Å². The van der Waals surface area contributed by atoms with Crippen LogP contribution in [-0.4, -0.2) is 48.1 Å². The third-order valence-electron chi connectivity index (χ3n) is 5.22. The Kier molecular flexibility index (Phi) is 4.90. The van der Waals surface area contributed by atoms with Crippen molar-refractivity contribution in [1.29, 1.82) is 0 Å². The highest BCUT2D eigenvalue weighted by Gasteiger charge is 2.30. The fraction of sp³-hybridized carbons (Fsp3) is 0.579. The van der Waals surface area contributed by atoms with E-state index in [1.54, 1.807) is 16.8 Å². The number of nitrogens with zero attached hydrogens (tertiary/aromatic N) is 2. The van der Waals surface area contributed by atoms with Gasteiger partial charge in [0.15, 0.2) is 0 Å². The van der Waals surface area contributed by atoms with Crippen LogP contribution in [0.1, 0.15) is 48.0 Å². The summed E-state index contributed by atoms with van der Waals surface area (Å²) in [6.07, 6.45) is 3.88. The zero-order chi connectivity index (χ0) is 17.3. The van der Waals surface area contributed by atoms with Crippen LogP contribution in [0.5, 0.6) is 0 Å². The summed E-state index contributed by atoms with van der Waals surface area (Å²) in [6, 6.07) is 5.69. The molecular weight excluding hydrogens is 304 g/mol. The minimum atomic E-state index is -0.308. The van der Waals surface area contributed by atoms with Gasteiger partial charge < -0.3 is 14.9 Å². The zero-order valence-electron chi connectivity index (χ0n) is 14.5. The molecule has 0 spiro atoms. The Balaban J connectivity index is 1.83. The van der Waals surface area contributed by atoms with E-state index >= 15 is 0 Å². The van der Waals surface area contributed by atoms with Gasteiger partial charge in [0.25, 0.3) is 5.91 Å². The molecule has 1 saturated carbocycles. The second-order valence-electron chi connectivity index (χ2n) is 7.11. The van der Waals surface area contributed by atoms with Gasteiger partial charge in [-0.2, -0.15) is 0 Å².